The second-order valence-corrected chi connectivity index (χ2v) is 7.97. The summed E-state index contributed by atoms with van der Waals surface area (Å²) in [7, 11) is 1.19. The van der Waals surface area contributed by atoms with Crippen LogP contribution in [0.2, 0.25) is 0 Å². The maximum Gasteiger partial charge on any atom is 0.317 e. The van der Waals surface area contributed by atoms with E-state index in [4.69, 9.17) is 4.74 Å². The highest BCUT2D eigenvalue weighted by Crippen LogP contribution is 2.19. The van der Waals surface area contributed by atoms with Crippen molar-refractivity contribution in [1.29, 1.82) is 0 Å². The van der Waals surface area contributed by atoms with Gasteiger partial charge in [0.1, 0.15) is 34.6 Å². The third kappa shape index (κ3) is 4.03. The van der Waals surface area contributed by atoms with Crippen LogP contribution in [0.25, 0.3) is 17.6 Å². The average Bonchev–Trinajstić information content (AvgIpc) is 3.12. The quantitative estimate of drug-likeness (QED) is 0.557. The van der Waals surface area contributed by atoms with Crippen molar-refractivity contribution < 1.29 is 22.7 Å². The number of nitrogens with zero attached hydrogens (tertiary/aromatic N) is 5. The number of methoxy groups -OCH3 is 1. The number of halogens is 3. The number of esters is 1. The number of hydrogen-bond acceptors (Lipinski definition) is 7. The Bertz CT molecular complexity index is 1430. The smallest absolute Gasteiger partial charge is 0.317 e. The van der Waals surface area contributed by atoms with E-state index < -0.39 is 34.7 Å². The standard InChI is InChI=1S/C21H19F3N6O3/c1-21(2,20(32)33-3)16-19(31)26-17(28-27-16)15-13-6-12(23)8-25-18(13)30(29-15)9-10-4-5-11(22)7-14(10)24/h4-7,12H,8-9H2,1-3H3,(H,26,28,31). The average molecular weight is 460 g/mol. The molecule has 2 aromatic heterocycles. The third-order valence-corrected chi connectivity index (χ3v) is 5.27. The topological polar surface area (TPSA) is 115 Å². The van der Waals surface area contributed by atoms with Gasteiger partial charge in [-0.25, -0.2) is 17.9 Å². The van der Waals surface area contributed by atoms with Crippen molar-refractivity contribution >= 4 is 12.0 Å². The number of aromatic amines is 1. The van der Waals surface area contributed by atoms with Crippen LogP contribution in [0.15, 0.2) is 28.0 Å². The summed E-state index contributed by atoms with van der Waals surface area (Å²) in [6.07, 6.45) is -0.122. The fourth-order valence-corrected chi connectivity index (χ4v) is 3.50. The number of nitrogens with one attached hydrogen (secondary N) is 1. The van der Waals surface area contributed by atoms with E-state index in [1.54, 1.807) is 0 Å². The maximum atomic E-state index is 14.2. The fraction of sp³-hybridized carbons (Fsp3) is 0.333. The summed E-state index contributed by atoms with van der Waals surface area (Å²) in [5, 5.41) is 12.5. The molecule has 0 saturated carbocycles. The Kier molecular flexibility index (Phi) is 5.60. The number of carbonyl (C=O) groups excluding carboxylic acids is 1. The van der Waals surface area contributed by atoms with E-state index in [1.165, 1.54) is 37.8 Å². The molecule has 9 nitrogen and oxygen atoms in total. The number of alkyl halides is 1. The van der Waals surface area contributed by atoms with Crippen LogP contribution in [0.5, 0.6) is 0 Å². The molecule has 0 amide bonds. The van der Waals surface area contributed by atoms with Gasteiger partial charge in [-0.15, -0.1) is 10.2 Å². The molecule has 1 unspecified atom stereocenters. The van der Waals surface area contributed by atoms with Gasteiger partial charge in [-0.05, 0) is 26.0 Å². The molecule has 12 heteroatoms. The Morgan fingerprint density at radius 2 is 2.06 bits per heavy atom. The molecule has 1 aliphatic heterocycles. The zero-order chi connectivity index (χ0) is 23.9. The number of H-pyrrole nitrogens is 1. The van der Waals surface area contributed by atoms with Crippen molar-refractivity contribution in [3.05, 3.63) is 62.2 Å². The minimum absolute atomic E-state index is 0.0747. The molecular weight excluding hydrogens is 441 g/mol. The lowest BCUT2D eigenvalue weighted by Gasteiger charge is -2.18. The van der Waals surface area contributed by atoms with E-state index in [0.717, 1.165) is 12.1 Å². The summed E-state index contributed by atoms with van der Waals surface area (Å²) in [4.78, 5) is 31.4. The predicted octanol–water partition coefficient (Wildman–Crippen LogP) is 0.557. The number of carbonyl (C=O) groups is 1. The van der Waals surface area contributed by atoms with Gasteiger partial charge in [0.25, 0.3) is 5.56 Å². The first-order valence-electron chi connectivity index (χ1n) is 9.89. The summed E-state index contributed by atoms with van der Waals surface area (Å²) >= 11 is 0. The Labute approximate surface area is 184 Å². The highest BCUT2D eigenvalue weighted by atomic mass is 19.1. The van der Waals surface area contributed by atoms with E-state index in [1.807, 2.05) is 0 Å². The van der Waals surface area contributed by atoms with Crippen LogP contribution in [0.1, 0.15) is 25.1 Å². The Morgan fingerprint density at radius 1 is 1.30 bits per heavy atom. The molecule has 3 heterocycles. The van der Waals surface area contributed by atoms with Crippen LogP contribution >= 0.6 is 0 Å². The molecule has 1 aliphatic rings. The molecule has 1 N–H and O–H groups in total. The lowest BCUT2D eigenvalue weighted by atomic mass is 9.90. The third-order valence-electron chi connectivity index (χ3n) is 5.27. The Hall–Kier alpha value is -3.83. The van der Waals surface area contributed by atoms with Crippen LogP contribution in [-0.2, 0) is 21.5 Å². The van der Waals surface area contributed by atoms with E-state index in [2.05, 4.69) is 25.3 Å². The first-order valence-corrected chi connectivity index (χ1v) is 9.89. The second kappa shape index (κ2) is 8.26. The van der Waals surface area contributed by atoms with E-state index >= 15 is 0 Å². The predicted molar refractivity (Wildman–Crippen MR) is 109 cm³/mol. The largest absolute Gasteiger partial charge is 0.468 e. The van der Waals surface area contributed by atoms with Gasteiger partial charge in [0.2, 0.25) is 0 Å². The van der Waals surface area contributed by atoms with Gasteiger partial charge < -0.3 is 9.72 Å². The van der Waals surface area contributed by atoms with Crippen LogP contribution in [0.3, 0.4) is 0 Å². The van der Waals surface area contributed by atoms with Gasteiger partial charge in [0, 0.05) is 16.8 Å². The monoisotopic (exact) mass is 460 g/mol. The molecular formula is C21H19F3N6O3. The van der Waals surface area contributed by atoms with E-state index in [9.17, 15) is 22.8 Å². The van der Waals surface area contributed by atoms with Crippen LogP contribution in [0.4, 0.5) is 13.2 Å². The first-order chi connectivity index (χ1) is 15.6. The normalized spacial score (nSPS) is 15.4. The first kappa shape index (κ1) is 22.4. The van der Waals surface area contributed by atoms with Crippen LogP contribution in [0, 0.1) is 11.6 Å². The number of benzene rings is 1. The van der Waals surface area contributed by atoms with Crippen molar-refractivity contribution in [2.45, 2.75) is 32.0 Å². The maximum absolute atomic E-state index is 14.2. The lowest BCUT2D eigenvalue weighted by molar-refractivity contribution is -0.146. The zero-order valence-corrected chi connectivity index (χ0v) is 17.9. The lowest BCUT2D eigenvalue weighted by Crippen LogP contribution is -2.38. The summed E-state index contributed by atoms with van der Waals surface area (Å²) in [6, 6.07) is 3.13. The molecule has 1 atom stereocenters. The van der Waals surface area contributed by atoms with Gasteiger partial charge in [0.05, 0.1) is 20.2 Å². The van der Waals surface area contributed by atoms with Gasteiger partial charge in [0.15, 0.2) is 11.3 Å². The van der Waals surface area contributed by atoms with E-state index in [0.29, 0.717) is 0 Å². The highest BCUT2D eigenvalue weighted by Gasteiger charge is 2.36. The number of fused-ring (bicyclic) bond motifs is 1. The van der Waals surface area contributed by atoms with Gasteiger partial charge in [-0.2, -0.15) is 5.10 Å². The minimum Gasteiger partial charge on any atom is -0.468 e. The number of aromatic nitrogens is 5. The SMILES string of the molecule is COC(=O)C(C)(C)c1nnc(-c2nn(Cc3ccc(F)cc3F)c3c2=CC(F)CN=3)[nH]c1=O. The highest BCUT2D eigenvalue weighted by molar-refractivity contribution is 5.81. The molecule has 0 bridgehead atoms. The number of rotatable bonds is 5. The van der Waals surface area contributed by atoms with Crippen molar-refractivity contribution in [1.82, 2.24) is 25.0 Å². The molecule has 0 spiro atoms. The second-order valence-electron chi connectivity index (χ2n) is 7.97. The molecule has 0 aliphatic carbocycles. The van der Waals surface area contributed by atoms with Gasteiger partial charge in [-0.1, -0.05) is 6.07 Å². The number of hydrogen-bond donors (Lipinski definition) is 1. The summed E-state index contributed by atoms with van der Waals surface area (Å²) < 4.78 is 47.5. The summed E-state index contributed by atoms with van der Waals surface area (Å²) in [6.45, 7) is 2.66. The Balaban J connectivity index is 1.83. The Morgan fingerprint density at radius 3 is 2.73 bits per heavy atom. The van der Waals surface area contributed by atoms with Crippen molar-refractivity contribution in [3.63, 3.8) is 0 Å². The molecule has 0 fully saturated rings. The minimum atomic E-state index is -1.39. The van der Waals surface area contributed by atoms with Gasteiger partial charge in [-0.3, -0.25) is 14.6 Å². The van der Waals surface area contributed by atoms with Crippen LogP contribution in [-0.4, -0.2) is 50.8 Å². The van der Waals surface area contributed by atoms with Crippen molar-refractivity contribution in [3.8, 4) is 11.5 Å². The van der Waals surface area contributed by atoms with Crippen molar-refractivity contribution in [2.24, 2.45) is 4.99 Å². The van der Waals surface area contributed by atoms with Crippen LogP contribution < -0.4 is 16.3 Å². The molecule has 0 radical (unpaired) electrons. The summed E-state index contributed by atoms with van der Waals surface area (Å²) in [5.74, 6) is -2.25. The summed E-state index contributed by atoms with van der Waals surface area (Å²) in [5.41, 5.74) is -1.77. The molecule has 33 heavy (non-hydrogen) atoms. The van der Waals surface area contributed by atoms with E-state index in [-0.39, 0.29) is 46.6 Å². The molecule has 1 aromatic carbocycles. The zero-order valence-electron chi connectivity index (χ0n) is 17.9. The number of ether oxygens (including phenoxy) is 1. The molecule has 3 aromatic rings. The van der Waals surface area contributed by atoms with Crippen molar-refractivity contribution in [2.75, 3.05) is 13.7 Å². The fourth-order valence-electron chi connectivity index (χ4n) is 3.50. The molecule has 4 rings (SSSR count). The molecule has 172 valence electrons. The molecule has 0 saturated heterocycles. The van der Waals surface area contributed by atoms with Gasteiger partial charge >= 0.3 is 5.97 Å².